The molecule has 0 radical (unpaired) electrons. The van der Waals surface area contributed by atoms with Crippen LogP contribution in [0.4, 0.5) is 10.1 Å². The molecule has 1 unspecified atom stereocenters. The topological polar surface area (TPSA) is 15.3 Å². The smallest absolute Gasteiger partial charge is 0.123 e. The van der Waals surface area contributed by atoms with Crippen molar-refractivity contribution in [3.8, 4) is 0 Å². The van der Waals surface area contributed by atoms with Crippen molar-refractivity contribution in [2.75, 3.05) is 31.1 Å². The van der Waals surface area contributed by atoms with E-state index < -0.39 is 0 Å². The predicted molar refractivity (Wildman–Crippen MR) is 85.8 cm³/mol. The van der Waals surface area contributed by atoms with Gasteiger partial charge in [0, 0.05) is 25.3 Å². The van der Waals surface area contributed by atoms with E-state index in [2.05, 4.69) is 37.9 Å². The molecule has 3 heteroatoms. The fourth-order valence-corrected chi connectivity index (χ4v) is 2.36. The Hall–Kier alpha value is -1.09. The number of anilines is 1. The third kappa shape index (κ3) is 5.12. The number of nitrogens with one attached hydrogen (secondary N) is 1. The Morgan fingerprint density at radius 1 is 1.15 bits per heavy atom. The molecule has 0 saturated carbocycles. The van der Waals surface area contributed by atoms with Crippen LogP contribution in [-0.4, -0.2) is 26.2 Å². The van der Waals surface area contributed by atoms with Crippen LogP contribution in [0.5, 0.6) is 0 Å². The molecule has 1 aromatic carbocycles. The van der Waals surface area contributed by atoms with Gasteiger partial charge in [-0.2, -0.15) is 0 Å². The van der Waals surface area contributed by atoms with Gasteiger partial charge in [0.1, 0.15) is 5.82 Å². The van der Waals surface area contributed by atoms with Gasteiger partial charge in [-0.25, -0.2) is 4.39 Å². The Morgan fingerprint density at radius 3 is 2.30 bits per heavy atom. The summed E-state index contributed by atoms with van der Waals surface area (Å²) in [5, 5.41) is 3.53. The standard InChI is InChI=1S/C17H29FN2/c1-5-12-19-13-17(4,6-2)14-20(7-3)16-10-8-15(18)9-11-16/h8-11,19H,5-7,12-14H2,1-4H3. The van der Waals surface area contributed by atoms with Gasteiger partial charge < -0.3 is 10.2 Å². The highest BCUT2D eigenvalue weighted by Crippen LogP contribution is 2.25. The zero-order valence-electron chi connectivity index (χ0n) is 13.4. The molecule has 0 aliphatic heterocycles. The normalized spacial score (nSPS) is 14.1. The van der Waals surface area contributed by atoms with Gasteiger partial charge in [0.05, 0.1) is 0 Å². The van der Waals surface area contributed by atoms with E-state index in [-0.39, 0.29) is 11.2 Å². The van der Waals surface area contributed by atoms with Crippen LogP contribution >= 0.6 is 0 Å². The average Bonchev–Trinajstić information content (AvgIpc) is 2.46. The number of hydrogen-bond acceptors (Lipinski definition) is 2. The lowest BCUT2D eigenvalue weighted by molar-refractivity contribution is 0.296. The molecule has 1 atom stereocenters. The highest BCUT2D eigenvalue weighted by atomic mass is 19.1. The summed E-state index contributed by atoms with van der Waals surface area (Å²) >= 11 is 0. The first-order chi connectivity index (χ1) is 9.54. The van der Waals surface area contributed by atoms with Crippen LogP contribution in [0.25, 0.3) is 0 Å². The minimum Gasteiger partial charge on any atom is -0.371 e. The summed E-state index contributed by atoms with van der Waals surface area (Å²) < 4.78 is 13.0. The van der Waals surface area contributed by atoms with E-state index >= 15 is 0 Å². The molecule has 0 bridgehead atoms. The van der Waals surface area contributed by atoms with Crippen LogP contribution in [0.1, 0.15) is 40.5 Å². The van der Waals surface area contributed by atoms with E-state index in [0.29, 0.717) is 0 Å². The van der Waals surface area contributed by atoms with E-state index in [1.165, 1.54) is 12.1 Å². The lowest BCUT2D eigenvalue weighted by Gasteiger charge is -2.36. The van der Waals surface area contributed by atoms with Gasteiger partial charge in [-0.05, 0) is 56.0 Å². The number of halogens is 1. The molecular formula is C17H29FN2. The summed E-state index contributed by atoms with van der Waals surface area (Å²) in [5.41, 5.74) is 1.34. The molecule has 0 aliphatic rings. The zero-order chi connectivity index (χ0) is 15.0. The second kappa shape index (κ2) is 8.25. The molecule has 2 nitrogen and oxygen atoms in total. The molecule has 1 aromatic rings. The lowest BCUT2D eigenvalue weighted by Crippen LogP contribution is -2.42. The van der Waals surface area contributed by atoms with Crippen molar-refractivity contribution >= 4 is 5.69 Å². The third-order valence-corrected chi connectivity index (χ3v) is 3.98. The molecule has 0 amide bonds. The van der Waals surface area contributed by atoms with Crippen LogP contribution in [-0.2, 0) is 0 Å². The van der Waals surface area contributed by atoms with E-state index in [1.54, 1.807) is 0 Å². The minimum atomic E-state index is -0.173. The van der Waals surface area contributed by atoms with Gasteiger partial charge in [0.15, 0.2) is 0 Å². The van der Waals surface area contributed by atoms with Crippen molar-refractivity contribution in [2.24, 2.45) is 5.41 Å². The Bertz CT molecular complexity index is 377. The quantitative estimate of drug-likeness (QED) is 0.686. The summed E-state index contributed by atoms with van der Waals surface area (Å²) in [5.74, 6) is -0.173. The van der Waals surface area contributed by atoms with Crippen molar-refractivity contribution in [2.45, 2.75) is 40.5 Å². The lowest BCUT2D eigenvalue weighted by atomic mass is 9.86. The highest BCUT2D eigenvalue weighted by Gasteiger charge is 2.24. The Labute approximate surface area is 123 Å². The first kappa shape index (κ1) is 17.0. The van der Waals surface area contributed by atoms with Gasteiger partial charge in [-0.15, -0.1) is 0 Å². The molecule has 0 heterocycles. The summed E-state index contributed by atoms with van der Waals surface area (Å²) in [4.78, 5) is 2.33. The van der Waals surface area contributed by atoms with Gasteiger partial charge in [0.25, 0.3) is 0 Å². The Balaban J connectivity index is 2.71. The number of nitrogens with zero attached hydrogens (tertiary/aromatic N) is 1. The zero-order valence-corrected chi connectivity index (χ0v) is 13.4. The van der Waals surface area contributed by atoms with Crippen molar-refractivity contribution in [1.82, 2.24) is 5.32 Å². The molecule has 0 fully saturated rings. The fraction of sp³-hybridized carbons (Fsp3) is 0.647. The van der Waals surface area contributed by atoms with Crippen LogP contribution in [0, 0.1) is 11.2 Å². The minimum absolute atomic E-state index is 0.173. The first-order valence-electron chi connectivity index (χ1n) is 7.76. The van der Waals surface area contributed by atoms with Crippen molar-refractivity contribution in [1.29, 1.82) is 0 Å². The fourth-order valence-electron chi connectivity index (χ4n) is 2.36. The molecule has 0 saturated heterocycles. The summed E-state index contributed by atoms with van der Waals surface area (Å²) in [7, 11) is 0. The largest absolute Gasteiger partial charge is 0.371 e. The van der Waals surface area contributed by atoms with E-state index in [9.17, 15) is 4.39 Å². The van der Waals surface area contributed by atoms with Crippen LogP contribution < -0.4 is 10.2 Å². The van der Waals surface area contributed by atoms with Crippen LogP contribution in [0.3, 0.4) is 0 Å². The molecule has 114 valence electrons. The molecule has 0 spiro atoms. The predicted octanol–water partition coefficient (Wildman–Crippen LogP) is 4.07. The number of rotatable bonds is 9. The SMILES string of the molecule is CCCNCC(C)(CC)CN(CC)c1ccc(F)cc1. The third-order valence-electron chi connectivity index (χ3n) is 3.98. The molecule has 0 aliphatic carbocycles. The highest BCUT2D eigenvalue weighted by molar-refractivity contribution is 5.46. The van der Waals surface area contributed by atoms with Crippen molar-refractivity contribution in [3.63, 3.8) is 0 Å². The van der Waals surface area contributed by atoms with Gasteiger partial charge in [-0.3, -0.25) is 0 Å². The Kier molecular flexibility index (Phi) is 7.00. The maximum atomic E-state index is 13.0. The molecular weight excluding hydrogens is 251 g/mol. The summed E-state index contributed by atoms with van der Waals surface area (Å²) in [6.07, 6.45) is 2.29. The second-order valence-corrected chi connectivity index (χ2v) is 5.83. The second-order valence-electron chi connectivity index (χ2n) is 5.83. The van der Waals surface area contributed by atoms with E-state index in [4.69, 9.17) is 0 Å². The molecule has 0 aromatic heterocycles. The monoisotopic (exact) mass is 280 g/mol. The van der Waals surface area contributed by atoms with Crippen molar-refractivity contribution in [3.05, 3.63) is 30.1 Å². The number of hydrogen-bond donors (Lipinski definition) is 1. The van der Waals surface area contributed by atoms with Gasteiger partial charge in [0.2, 0.25) is 0 Å². The molecule has 1 rings (SSSR count). The molecule has 20 heavy (non-hydrogen) atoms. The van der Waals surface area contributed by atoms with Crippen molar-refractivity contribution < 1.29 is 4.39 Å². The summed E-state index contributed by atoms with van der Waals surface area (Å²) in [6, 6.07) is 6.82. The van der Waals surface area contributed by atoms with Crippen LogP contribution in [0.2, 0.25) is 0 Å². The van der Waals surface area contributed by atoms with E-state index in [1.807, 2.05) is 12.1 Å². The first-order valence-corrected chi connectivity index (χ1v) is 7.76. The Morgan fingerprint density at radius 2 is 1.80 bits per heavy atom. The van der Waals surface area contributed by atoms with Gasteiger partial charge >= 0.3 is 0 Å². The average molecular weight is 280 g/mol. The van der Waals surface area contributed by atoms with Gasteiger partial charge in [-0.1, -0.05) is 20.8 Å². The maximum absolute atomic E-state index is 13.0. The maximum Gasteiger partial charge on any atom is 0.123 e. The van der Waals surface area contributed by atoms with E-state index in [0.717, 1.165) is 44.7 Å². The number of benzene rings is 1. The van der Waals surface area contributed by atoms with Crippen LogP contribution in [0.15, 0.2) is 24.3 Å². The summed E-state index contributed by atoms with van der Waals surface area (Å²) in [6.45, 7) is 12.9. The molecule has 1 N–H and O–H groups in total.